The van der Waals surface area contributed by atoms with E-state index >= 15 is 0 Å². The van der Waals surface area contributed by atoms with Gasteiger partial charge in [-0.05, 0) is 48.7 Å². The summed E-state index contributed by atoms with van der Waals surface area (Å²) in [6.45, 7) is 4.67. The lowest BCUT2D eigenvalue weighted by Crippen LogP contribution is -2.36. The van der Waals surface area contributed by atoms with Gasteiger partial charge in [0.1, 0.15) is 11.5 Å². The Morgan fingerprint density at radius 1 is 1.42 bits per heavy atom. The van der Waals surface area contributed by atoms with Gasteiger partial charge in [-0.3, -0.25) is 0 Å². The van der Waals surface area contributed by atoms with Crippen LogP contribution in [0.5, 0.6) is 0 Å². The summed E-state index contributed by atoms with van der Waals surface area (Å²) < 4.78 is 26.3. The Morgan fingerprint density at radius 2 is 2.25 bits per heavy atom. The summed E-state index contributed by atoms with van der Waals surface area (Å²) in [5.41, 5.74) is 3.07. The van der Waals surface area contributed by atoms with Gasteiger partial charge in [-0.1, -0.05) is 12.7 Å². The fourth-order valence-electron chi connectivity index (χ4n) is 3.18. The molecule has 0 radical (unpaired) electrons. The van der Waals surface area contributed by atoms with Crippen LogP contribution in [-0.2, 0) is 10.0 Å². The highest BCUT2D eigenvalue weighted by atomic mass is 32.2. The van der Waals surface area contributed by atoms with Crippen molar-refractivity contribution in [3.05, 3.63) is 42.7 Å². The van der Waals surface area contributed by atoms with Crippen molar-refractivity contribution in [2.75, 3.05) is 18.4 Å². The van der Waals surface area contributed by atoms with Crippen LogP contribution in [0.3, 0.4) is 0 Å². The smallest absolute Gasteiger partial charge is 0.217 e. The maximum absolute atomic E-state index is 12.4. The van der Waals surface area contributed by atoms with E-state index in [2.05, 4.69) is 21.9 Å². The second-order valence-electron chi connectivity index (χ2n) is 6.23. The molecule has 1 saturated carbocycles. The number of nitrogens with one attached hydrogen (secondary N) is 2. The Labute approximate surface area is 141 Å². The third kappa shape index (κ3) is 2.63. The first-order valence-electron chi connectivity index (χ1n) is 8.13. The van der Waals surface area contributed by atoms with Crippen molar-refractivity contribution < 1.29 is 8.42 Å². The molecule has 7 heteroatoms. The first-order valence-corrected chi connectivity index (χ1v) is 9.64. The average molecular weight is 344 g/mol. The van der Waals surface area contributed by atoms with Gasteiger partial charge in [-0.2, -0.15) is 4.31 Å². The molecule has 2 N–H and O–H groups in total. The van der Waals surface area contributed by atoms with Crippen LogP contribution in [0.4, 0.5) is 5.82 Å². The first kappa shape index (κ1) is 15.4. The topological polar surface area (TPSA) is 78.1 Å². The van der Waals surface area contributed by atoms with Crippen LogP contribution in [-0.4, -0.2) is 41.0 Å². The zero-order valence-corrected chi connectivity index (χ0v) is 14.1. The molecule has 2 aliphatic rings. The molecule has 0 saturated heterocycles. The number of sulfonamides is 1. The number of rotatable bonds is 5. The van der Waals surface area contributed by atoms with Gasteiger partial charge in [0.25, 0.3) is 0 Å². The fraction of sp³-hybridized carbons (Fsp3) is 0.353. The van der Waals surface area contributed by atoms with Crippen molar-refractivity contribution in [2.45, 2.75) is 24.5 Å². The van der Waals surface area contributed by atoms with Crippen molar-refractivity contribution in [3.63, 3.8) is 0 Å². The predicted molar refractivity (Wildman–Crippen MR) is 96.0 cm³/mol. The van der Waals surface area contributed by atoms with Crippen molar-refractivity contribution in [1.82, 2.24) is 14.3 Å². The van der Waals surface area contributed by atoms with Crippen LogP contribution in [0.15, 0.2) is 37.2 Å². The Balaban J connectivity index is 1.67. The maximum Gasteiger partial charge on any atom is 0.217 e. The quantitative estimate of drug-likeness (QED) is 0.874. The van der Waals surface area contributed by atoms with Crippen molar-refractivity contribution >= 4 is 32.4 Å². The predicted octanol–water partition coefficient (Wildman–Crippen LogP) is 2.70. The molecular formula is C17H20N4O2S. The molecule has 1 fully saturated rings. The largest absolute Gasteiger partial charge is 0.347 e. The number of nitrogens with zero attached hydrogens (tertiary/aromatic N) is 2. The normalized spacial score (nSPS) is 19.2. The molecule has 4 rings (SSSR count). The second kappa shape index (κ2) is 5.75. The number of aromatic amines is 1. The van der Waals surface area contributed by atoms with E-state index in [-0.39, 0.29) is 5.25 Å². The van der Waals surface area contributed by atoms with E-state index in [1.165, 1.54) is 0 Å². The van der Waals surface area contributed by atoms with Crippen LogP contribution < -0.4 is 5.32 Å². The van der Waals surface area contributed by atoms with Gasteiger partial charge >= 0.3 is 0 Å². The highest BCUT2D eigenvalue weighted by molar-refractivity contribution is 7.90. The van der Waals surface area contributed by atoms with E-state index in [1.54, 1.807) is 10.5 Å². The van der Waals surface area contributed by atoms with Gasteiger partial charge < -0.3 is 10.3 Å². The number of anilines is 1. The molecule has 2 aromatic rings. The van der Waals surface area contributed by atoms with E-state index < -0.39 is 10.0 Å². The Kier molecular flexibility index (Phi) is 3.69. The number of fused-ring (bicyclic) bond motifs is 1. The molecule has 1 aliphatic heterocycles. The highest BCUT2D eigenvalue weighted by Gasteiger charge is 2.40. The Bertz CT molecular complexity index is 925. The summed E-state index contributed by atoms with van der Waals surface area (Å²) in [6, 6.07) is 4.00. The van der Waals surface area contributed by atoms with Gasteiger partial charge in [0, 0.05) is 24.7 Å². The molecule has 1 aliphatic carbocycles. The van der Waals surface area contributed by atoms with Crippen LogP contribution in [0.2, 0.25) is 0 Å². The third-order valence-electron chi connectivity index (χ3n) is 4.60. The third-order valence-corrected chi connectivity index (χ3v) is 6.97. The summed E-state index contributed by atoms with van der Waals surface area (Å²) in [4.78, 5) is 7.63. The number of pyridine rings is 1. The number of hydrogen-bond donors (Lipinski definition) is 2. The highest BCUT2D eigenvalue weighted by Crippen LogP contribution is 2.35. The molecule has 126 valence electrons. The second-order valence-corrected chi connectivity index (χ2v) is 8.44. The van der Waals surface area contributed by atoms with E-state index in [0.29, 0.717) is 19.5 Å². The minimum Gasteiger partial charge on any atom is -0.347 e. The van der Waals surface area contributed by atoms with Crippen LogP contribution >= 0.6 is 0 Å². The van der Waals surface area contributed by atoms with Crippen LogP contribution in [0.25, 0.3) is 16.6 Å². The van der Waals surface area contributed by atoms with Gasteiger partial charge in [-0.15, -0.1) is 0 Å². The summed E-state index contributed by atoms with van der Waals surface area (Å²) in [5, 5.41) is 3.93. The van der Waals surface area contributed by atoms with E-state index in [1.807, 2.05) is 24.4 Å². The zero-order valence-electron chi connectivity index (χ0n) is 13.3. The van der Waals surface area contributed by atoms with Gasteiger partial charge in [-0.25, -0.2) is 13.4 Å². The molecule has 3 heterocycles. The lowest BCUT2D eigenvalue weighted by molar-refractivity contribution is 0.440. The Morgan fingerprint density at radius 3 is 2.92 bits per heavy atom. The van der Waals surface area contributed by atoms with Gasteiger partial charge in [0.15, 0.2) is 0 Å². The fourth-order valence-corrected chi connectivity index (χ4v) is 4.97. The number of hydrogen-bond acceptors (Lipinski definition) is 4. The molecule has 0 unspecified atom stereocenters. The van der Waals surface area contributed by atoms with E-state index in [9.17, 15) is 8.42 Å². The summed E-state index contributed by atoms with van der Waals surface area (Å²) in [5.74, 6) is 0.726. The standard InChI is InChI=1S/C17H20N4O2S/c1-2-18-16-11-15(14-5-8-19-17(14)20-16)12-6-9-21(10-7-12)24(22,23)13-3-4-13/h2,5-6,8,11,13H,1,3-4,7,9-10H2,(H2,18,19,20). The Hall–Kier alpha value is -2.12. The van der Waals surface area contributed by atoms with Crippen molar-refractivity contribution in [1.29, 1.82) is 0 Å². The van der Waals surface area contributed by atoms with Crippen LogP contribution in [0, 0.1) is 0 Å². The summed E-state index contributed by atoms with van der Waals surface area (Å²) in [6.07, 6.45) is 7.82. The minimum absolute atomic E-state index is 0.145. The molecule has 2 aromatic heterocycles. The van der Waals surface area contributed by atoms with Gasteiger partial charge in [0.05, 0.1) is 5.25 Å². The van der Waals surface area contributed by atoms with Crippen molar-refractivity contribution in [3.8, 4) is 0 Å². The first-order chi connectivity index (χ1) is 11.6. The molecule has 0 aromatic carbocycles. The maximum atomic E-state index is 12.4. The van der Waals surface area contributed by atoms with Crippen LogP contribution in [0.1, 0.15) is 24.8 Å². The lowest BCUT2D eigenvalue weighted by atomic mass is 9.98. The lowest BCUT2D eigenvalue weighted by Gasteiger charge is -2.26. The molecule has 0 atom stereocenters. The minimum atomic E-state index is -3.10. The molecular weight excluding hydrogens is 324 g/mol. The SMILES string of the molecule is C=CNc1cc(C2=CCN(S(=O)(=O)C3CC3)CC2)c2cc[nH]c2n1. The zero-order chi connectivity index (χ0) is 16.7. The number of aromatic nitrogens is 2. The monoisotopic (exact) mass is 344 g/mol. The summed E-state index contributed by atoms with van der Waals surface area (Å²) in [7, 11) is -3.10. The number of H-pyrrole nitrogens is 1. The summed E-state index contributed by atoms with van der Waals surface area (Å²) >= 11 is 0. The van der Waals surface area contributed by atoms with E-state index in [0.717, 1.165) is 40.8 Å². The van der Waals surface area contributed by atoms with Crippen molar-refractivity contribution in [2.24, 2.45) is 0 Å². The molecule has 0 bridgehead atoms. The van der Waals surface area contributed by atoms with Gasteiger partial charge in [0.2, 0.25) is 10.0 Å². The molecule has 24 heavy (non-hydrogen) atoms. The van der Waals surface area contributed by atoms with E-state index in [4.69, 9.17) is 0 Å². The molecule has 6 nitrogen and oxygen atoms in total. The molecule has 0 spiro atoms. The molecule has 0 amide bonds. The average Bonchev–Trinajstić information content (AvgIpc) is 3.34.